The number of nitrogens with one attached hydrogen (secondary N) is 2. The number of nitrogens with zero attached hydrogens (tertiary/aromatic N) is 1. The molecule has 1 aromatic heterocycles. The quantitative estimate of drug-likeness (QED) is 0.861. The molecule has 0 radical (unpaired) electrons. The van der Waals surface area contributed by atoms with E-state index in [2.05, 4.69) is 10.3 Å². The third-order valence-corrected chi connectivity index (χ3v) is 3.53. The standard InChI is InChI=1S/C19H25N3O3/c1-18(2,3)25-17(23)22-19(4,5)11-13-12-21-16-14(13)7-6-8-15(16)24-10-9-20/h6-8,12,21H,10-11H2,1-5H3,(H,22,23). The zero-order chi connectivity index (χ0) is 18.7. The average molecular weight is 343 g/mol. The lowest BCUT2D eigenvalue weighted by molar-refractivity contribution is 0.0472. The first kappa shape index (κ1) is 18.7. The van der Waals surface area contributed by atoms with Crippen molar-refractivity contribution in [3.8, 4) is 11.8 Å². The van der Waals surface area contributed by atoms with Crippen LogP contribution >= 0.6 is 0 Å². The number of carbonyl (C=O) groups excluding carboxylic acids is 1. The van der Waals surface area contributed by atoms with Crippen LogP contribution in [0.1, 0.15) is 40.2 Å². The van der Waals surface area contributed by atoms with E-state index < -0.39 is 17.2 Å². The van der Waals surface area contributed by atoms with Crippen molar-refractivity contribution < 1.29 is 14.3 Å². The Labute approximate surface area is 148 Å². The fraction of sp³-hybridized carbons (Fsp3) is 0.474. The predicted molar refractivity (Wildman–Crippen MR) is 96.6 cm³/mol. The molecule has 0 saturated heterocycles. The zero-order valence-corrected chi connectivity index (χ0v) is 15.4. The summed E-state index contributed by atoms with van der Waals surface area (Å²) in [5.74, 6) is 0.642. The maximum Gasteiger partial charge on any atom is 0.408 e. The summed E-state index contributed by atoms with van der Waals surface area (Å²) < 4.78 is 10.8. The third kappa shape index (κ3) is 5.15. The molecule has 0 bridgehead atoms. The molecule has 0 aliphatic rings. The summed E-state index contributed by atoms with van der Waals surface area (Å²) in [6, 6.07) is 7.67. The Balaban J connectivity index is 2.16. The monoisotopic (exact) mass is 343 g/mol. The molecule has 2 N–H and O–H groups in total. The Morgan fingerprint density at radius 1 is 1.28 bits per heavy atom. The van der Waals surface area contributed by atoms with Crippen LogP contribution in [0, 0.1) is 11.3 Å². The number of hydrogen-bond acceptors (Lipinski definition) is 4. The Hall–Kier alpha value is -2.68. The highest BCUT2D eigenvalue weighted by Gasteiger charge is 2.26. The molecule has 1 amide bonds. The molecule has 134 valence electrons. The van der Waals surface area contributed by atoms with E-state index in [1.165, 1.54) is 0 Å². The van der Waals surface area contributed by atoms with Crippen LogP contribution in [0.5, 0.6) is 5.75 Å². The lowest BCUT2D eigenvalue weighted by Crippen LogP contribution is -2.47. The third-order valence-electron chi connectivity index (χ3n) is 3.53. The number of H-pyrrole nitrogens is 1. The van der Waals surface area contributed by atoms with Gasteiger partial charge in [-0.2, -0.15) is 5.26 Å². The number of ether oxygens (including phenoxy) is 2. The molecule has 0 aliphatic carbocycles. The van der Waals surface area contributed by atoms with Crippen LogP contribution in [0.2, 0.25) is 0 Å². The molecular weight excluding hydrogens is 318 g/mol. The molecule has 0 spiro atoms. The van der Waals surface area contributed by atoms with Crippen molar-refractivity contribution in [2.75, 3.05) is 6.61 Å². The van der Waals surface area contributed by atoms with Gasteiger partial charge in [-0.1, -0.05) is 12.1 Å². The first-order valence-electron chi connectivity index (χ1n) is 8.21. The molecule has 6 heteroatoms. The maximum absolute atomic E-state index is 12.0. The van der Waals surface area contributed by atoms with Gasteiger partial charge in [-0.3, -0.25) is 0 Å². The summed E-state index contributed by atoms with van der Waals surface area (Å²) in [7, 11) is 0. The first-order chi connectivity index (χ1) is 11.6. The number of alkyl carbamates (subject to hydrolysis) is 1. The number of hydrogen-bond donors (Lipinski definition) is 2. The number of fused-ring (bicyclic) bond motifs is 1. The van der Waals surface area contributed by atoms with Gasteiger partial charge in [0.15, 0.2) is 6.61 Å². The second kappa shape index (κ2) is 7.06. The van der Waals surface area contributed by atoms with Gasteiger partial charge in [0.2, 0.25) is 0 Å². The van der Waals surface area contributed by atoms with Crippen LogP contribution in [0.3, 0.4) is 0 Å². The van der Waals surface area contributed by atoms with Crippen molar-refractivity contribution >= 4 is 17.0 Å². The Morgan fingerprint density at radius 3 is 2.64 bits per heavy atom. The number of rotatable bonds is 5. The van der Waals surface area contributed by atoms with Crippen LogP contribution in [-0.2, 0) is 11.2 Å². The van der Waals surface area contributed by atoms with E-state index >= 15 is 0 Å². The summed E-state index contributed by atoms with van der Waals surface area (Å²) in [5.41, 5.74) is 0.883. The number of nitriles is 1. The van der Waals surface area contributed by atoms with Gasteiger partial charge in [0, 0.05) is 17.1 Å². The number of benzene rings is 1. The van der Waals surface area contributed by atoms with E-state index in [-0.39, 0.29) is 6.61 Å². The summed E-state index contributed by atoms with van der Waals surface area (Å²) in [6.45, 7) is 9.41. The van der Waals surface area contributed by atoms with Crippen LogP contribution in [0.25, 0.3) is 10.9 Å². The van der Waals surface area contributed by atoms with E-state index in [9.17, 15) is 4.79 Å². The van der Waals surface area contributed by atoms with Crippen LogP contribution in [-0.4, -0.2) is 28.8 Å². The highest BCUT2D eigenvalue weighted by atomic mass is 16.6. The largest absolute Gasteiger partial charge is 0.477 e. The average Bonchev–Trinajstić information content (AvgIpc) is 2.85. The fourth-order valence-corrected chi connectivity index (χ4v) is 2.66. The fourth-order valence-electron chi connectivity index (χ4n) is 2.66. The molecule has 1 heterocycles. The minimum absolute atomic E-state index is 0.000834. The van der Waals surface area contributed by atoms with Crippen LogP contribution < -0.4 is 10.1 Å². The number of amides is 1. The highest BCUT2D eigenvalue weighted by Crippen LogP contribution is 2.29. The van der Waals surface area contributed by atoms with E-state index in [1.54, 1.807) is 0 Å². The maximum atomic E-state index is 12.0. The molecule has 2 aromatic rings. The molecule has 0 fully saturated rings. The topological polar surface area (TPSA) is 87.1 Å². The van der Waals surface area contributed by atoms with E-state index in [1.807, 2.05) is 65.1 Å². The molecule has 1 aromatic carbocycles. The molecule has 0 aliphatic heterocycles. The Morgan fingerprint density at radius 2 is 2.00 bits per heavy atom. The lowest BCUT2D eigenvalue weighted by atomic mass is 9.95. The summed E-state index contributed by atoms with van der Waals surface area (Å²) >= 11 is 0. The molecule has 0 saturated carbocycles. The van der Waals surface area contributed by atoms with Crippen molar-refractivity contribution in [1.82, 2.24) is 10.3 Å². The highest BCUT2D eigenvalue weighted by molar-refractivity contribution is 5.88. The summed E-state index contributed by atoms with van der Waals surface area (Å²) in [5, 5.41) is 12.6. The normalized spacial score (nSPS) is 11.8. The van der Waals surface area contributed by atoms with E-state index in [4.69, 9.17) is 14.7 Å². The van der Waals surface area contributed by atoms with Gasteiger partial charge in [0.05, 0.1) is 5.52 Å². The molecule has 2 rings (SSSR count). The number of carbonyl (C=O) groups is 1. The molecule has 0 atom stereocenters. The summed E-state index contributed by atoms with van der Waals surface area (Å²) in [4.78, 5) is 15.2. The lowest BCUT2D eigenvalue weighted by Gasteiger charge is -2.28. The van der Waals surface area contributed by atoms with Crippen molar-refractivity contribution in [3.05, 3.63) is 30.0 Å². The molecular formula is C19H25N3O3. The van der Waals surface area contributed by atoms with Crippen molar-refractivity contribution in [1.29, 1.82) is 5.26 Å². The summed E-state index contributed by atoms with van der Waals surface area (Å²) in [6.07, 6.45) is 2.09. The van der Waals surface area contributed by atoms with Gasteiger partial charge < -0.3 is 19.8 Å². The van der Waals surface area contributed by atoms with Gasteiger partial charge in [-0.05, 0) is 52.7 Å². The van der Waals surface area contributed by atoms with Crippen molar-refractivity contribution in [2.24, 2.45) is 0 Å². The molecule has 0 unspecified atom stereocenters. The number of aromatic nitrogens is 1. The number of para-hydroxylation sites is 1. The van der Waals surface area contributed by atoms with Crippen LogP contribution in [0.4, 0.5) is 4.79 Å². The van der Waals surface area contributed by atoms with E-state index in [0.29, 0.717) is 12.2 Å². The predicted octanol–water partition coefficient (Wildman–Crippen LogP) is 3.92. The smallest absolute Gasteiger partial charge is 0.408 e. The van der Waals surface area contributed by atoms with E-state index in [0.717, 1.165) is 16.5 Å². The van der Waals surface area contributed by atoms with Crippen molar-refractivity contribution in [2.45, 2.75) is 52.2 Å². The molecule has 6 nitrogen and oxygen atoms in total. The minimum Gasteiger partial charge on any atom is -0.477 e. The van der Waals surface area contributed by atoms with Gasteiger partial charge in [0.25, 0.3) is 0 Å². The first-order valence-corrected chi connectivity index (χ1v) is 8.21. The van der Waals surface area contributed by atoms with Gasteiger partial charge >= 0.3 is 6.09 Å². The van der Waals surface area contributed by atoms with Gasteiger partial charge in [0.1, 0.15) is 17.4 Å². The SMILES string of the molecule is CC(C)(Cc1c[nH]c2c(OCC#N)cccc12)NC(=O)OC(C)(C)C. The van der Waals surface area contributed by atoms with Gasteiger partial charge in [-0.15, -0.1) is 0 Å². The zero-order valence-electron chi connectivity index (χ0n) is 15.4. The minimum atomic E-state index is -0.534. The van der Waals surface area contributed by atoms with Crippen LogP contribution in [0.15, 0.2) is 24.4 Å². The Kier molecular flexibility index (Phi) is 5.27. The molecule has 25 heavy (non-hydrogen) atoms. The van der Waals surface area contributed by atoms with Crippen molar-refractivity contribution in [3.63, 3.8) is 0 Å². The Bertz CT molecular complexity index is 794. The second-order valence-corrected chi connectivity index (χ2v) is 7.63. The van der Waals surface area contributed by atoms with Gasteiger partial charge in [-0.25, -0.2) is 4.79 Å². The second-order valence-electron chi connectivity index (χ2n) is 7.63. The number of aromatic amines is 1.